The smallest absolute Gasteiger partial charge is 0.148 e. The molecule has 146 valence electrons. The maximum absolute atomic E-state index is 13.5. The Morgan fingerprint density at radius 2 is 1.82 bits per heavy atom. The van der Waals surface area contributed by atoms with Gasteiger partial charge in [-0.25, -0.2) is 13.8 Å². The van der Waals surface area contributed by atoms with Crippen LogP contribution in [0.2, 0.25) is 0 Å². The highest BCUT2D eigenvalue weighted by Gasteiger charge is 2.17. The average Bonchev–Trinajstić information content (AvgIpc) is 2.67. The zero-order valence-corrected chi connectivity index (χ0v) is 16.8. The molecule has 0 amide bonds. The Labute approximate surface area is 169 Å². The van der Waals surface area contributed by atoms with Gasteiger partial charge in [-0.15, -0.1) is 0 Å². The predicted molar refractivity (Wildman–Crippen MR) is 109 cm³/mol. The monoisotopic (exact) mass is 448 g/mol. The minimum absolute atomic E-state index is 0.240. The molecule has 1 aliphatic rings. The molecule has 8 heteroatoms. The van der Waals surface area contributed by atoms with E-state index in [0.717, 1.165) is 46.0 Å². The quantitative estimate of drug-likeness (QED) is 0.627. The van der Waals surface area contributed by atoms with Gasteiger partial charge in [0.25, 0.3) is 0 Å². The molecule has 2 aromatic carbocycles. The molecule has 1 saturated heterocycles. The van der Waals surface area contributed by atoms with Crippen molar-refractivity contribution in [2.24, 2.45) is 0 Å². The molecule has 0 aliphatic carbocycles. The minimum Gasteiger partial charge on any atom is -0.378 e. The van der Waals surface area contributed by atoms with Gasteiger partial charge in [-0.1, -0.05) is 15.9 Å². The van der Waals surface area contributed by atoms with E-state index in [9.17, 15) is 8.78 Å². The fraction of sp³-hybridized carbons (Fsp3) is 0.300. The van der Waals surface area contributed by atoms with Crippen LogP contribution in [0, 0.1) is 11.6 Å². The van der Waals surface area contributed by atoms with Gasteiger partial charge in [0, 0.05) is 34.9 Å². The number of aromatic nitrogens is 2. The van der Waals surface area contributed by atoms with Gasteiger partial charge in [-0.2, -0.15) is 0 Å². The number of morpholine rings is 1. The van der Waals surface area contributed by atoms with Crippen LogP contribution in [0.25, 0.3) is 11.0 Å². The van der Waals surface area contributed by atoms with Gasteiger partial charge in [-0.3, -0.25) is 4.98 Å². The van der Waals surface area contributed by atoms with Crippen molar-refractivity contribution in [3.05, 3.63) is 58.2 Å². The van der Waals surface area contributed by atoms with Crippen LogP contribution < -0.4 is 10.2 Å². The zero-order valence-electron chi connectivity index (χ0n) is 15.3. The SMILES string of the molecule is CC(Nc1cc(F)cc(F)c1)c1cc(Br)cc2ncc(N3CCOCC3)nc12. The average molecular weight is 449 g/mol. The van der Waals surface area contributed by atoms with Crippen molar-refractivity contribution in [1.29, 1.82) is 0 Å². The highest BCUT2D eigenvalue weighted by Crippen LogP contribution is 2.30. The zero-order chi connectivity index (χ0) is 19.7. The Balaban J connectivity index is 1.71. The number of halogens is 3. The first-order valence-electron chi connectivity index (χ1n) is 9.01. The second-order valence-corrected chi connectivity index (χ2v) is 7.63. The lowest BCUT2D eigenvalue weighted by Gasteiger charge is -2.28. The molecule has 5 nitrogen and oxygen atoms in total. The summed E-state index contributed by atoms with van der Waals surface area (Å²) in [5, 5.41) is 3.16. The molecule has 1 aliphatic heterocycles. The van der Waals surface area contributed by atoms with Gasteiger partial charge >= 0.3 is 0 Å². The van der Waals surface area contributed by atoms with E-state index >= 15 is 0 Å². The number of fused-ring (bicyclic) bond motifs is 1. The number of benzene rings is 2. The van der Waals surface area contributed by atoms with E-state index in [1.165, 1.54) is 12.1 Å². The van der Waals surface area contributed by atoms with Crippen LogP contribution in [0.15, 0.2) is 41.0 Å². The van der Waals surface area contributed by atoms with Gasteiger partial charge in [0.05, 0.1) is 36.5 Å². The molecule has 0 bridgehead atoms. The van der Waals surface area contributed by atoms with Crippen LogP contribution in [0.1, 0.15) is 18.5 Å². The fourth-order valence-corrected chi connectivity index (χ4v) is 3.80. The summed E-state index contributed by atoms with van der Waals surface area (Å²) in [6, 6.07) is 7.01. The lowest BCUT2D eigenvalue weighted by atomic mass is 10.1. The molecule has 0 radical (unpaired) electrons. The van der Waals surface area contributed by atoms with Crippen molar-refractivity contribution in [3.8, 4) is 0 Å². The molecule has 2 heterocycles. The van der Waals surface area contributed by atoms with E-state index in [2.05, 4.69) is 31.1 Å². The van der Waals surface area contributed by atoms with E-state index in [-0.39, 0.29) is 6.04 Å². The van der Waals surface area contributed by atoms with E-state index in [1.807, 2.05) is 19.1 Å². The number of nitrogens with zero attached hydrogens (tertiary/aromatic N) is 3. The Morgan fingerprint density at radius 1 is 1.11 bits per heavy atom. The molecule has 1 N–H and O–H groups in total. The lowest BCUT2D eigenvalue weighted by molar-refractivity contribution is 0.122. The molecule has 28 heavy (non-hydrogen) atoms. The summed E-state index contributed by atoms with van der Waals surface area (Å²) in [4.78, 5) is 11.6. The maximum atomic E-state index is 13.5. The van der Waals surface area contributed by atoms with Gasteiger partial charge in [-0.05, 0) is 31.2 Å². The molecule has 1 unspecified atom stereocenters. The summed E-state index contributed by atoms with van der Waals surface area (Å²) >= 11 is 3.51. The van der Waals surface area contributed by atoms with Crippen molar-refractivity contribution >= 4 is 38.5 Å². The van der Waals surface area contributed by atoms with Gasteiger partial charge in [0.2, 0.25) is 0 Å². The number of anilines is 2. The molecule has 0 saturated carbocycles. The Hall–Kier alpha value is -2.32. The normalized spacial score (nSPS) is 15.6. The summed E-state index contributed by atoms with van der Waals surface area (Å²) in [6.45, 7) is 4.78. The van der Waals surface area contributed by atoms with Crippen molar-refractivity contribution in [3.63, 3.8) is 0 Å². The molecule has 1 fully saturated rings. The van der Waals surface area contributed by atoms with Crippen LogP contribution in [-0.2, 0) is 4.74 Å². The predicted octanol–water partition coefficient (Wildman–Crippen LogP) is 4.68. The Kier molecular flexibility index (Phi) is 5.41. The standard InChI is InChI=1S/C20H19BrF2N4O/c1-12(25-16-9-14(22)8-15(23)10-16)17-6-13(21)7-18-20(17)26-19(11-24-18)27-2-4-28-5-3-27/h6-12,25H,2-5H2,1H3. The summed E-state index contributed by atoms with van der Waals surface area (Å²) < 4.78 is 33.3. The Bertz CT molecular complexity index is 991. The molecular weight excluding hydrogens is 430 g/mol. The topological polar surface area (TPSA) is 50.3 Å². The summed E-state index contributed by atoms with van der Waals surface area (Å²) in [5.41, 5.74) is 2.76. The van der Waals surface area contributed by atoms with Gasteiger partial charge in [0.15, 0.2) is 0 Å². The summed E-state index contributed by atoms with van der Waals surface area (Å²) in [5.74, 6) is -0.449. The third-order valence-corrected chi connectivity index (χ3v) is 5.13. The van der Waals surface area contributed by atoms with Gasteiger partial charge < -0.3 is 15.0 Å². The van der Waals surface area contributed by atoms with Crippen LogP contribution in [0.3, 0.4) is 0 Å². The van der Waals surface area contributed by atoms with Crippen molar-refractivity contribution in [1.82, 2.24) is 9.97 Å². The van der Waals surface area contributed by atoms with Crippen LogP contribution >= 0.6 is 15.9 Å². The van der Waals surface area contributed by atoms with Gasteiger partial charge in [0.1, 0.15) is 17.5 Å². The first-order chi connectivity index (χ1) is 13.5. The number of hydrogen-bond donors (Lipinski definition) is 1. The summed E-state index contributed by atoms with van der Waals surface area (Å²) in [6.07, 6.45) is 1.77. The second-order valence-electron chi connectivity index (χ2n) is 6.71. The van der Waals surface area contributed by atoms with Crippen LogP contribution in [0.4, 0.5) is 20.3 Å². The first-order valence-corrected chi connectivity index (χ1v) is 9.80. The Morgan fingerprint density at radius 3 is 2.54 bits per heavy atom. The van der Waals surface area contributed by atoms with Crippen LogP contribution in [0.5, 0.6) is 0 Å². The first kappa shape index (κ1) is 19.0. The lowest BCUT2D eigenvalue weighted by Crippen LogP contribution is -2.36. The molecule has 1 aromatic heterocycles. The van der Waals surface area contributed by atoms with Crippen molar-refractivity contribution in [2.75, 3.05) is 36.5 Å². The fourth-order valence-electron chi connectivity index (χ4n) is 3.34. The third-order valence-electron chi connectivity index (χ3n) is 4.68. The van der Waals surface area contributed by atoms with E-state index in [4.69, 9.17) is 9.72 Å². The second kappa shape index (κ2) is 7.97. The summed E-state index contributed by atoms with van der Waals surface area (Å²) in [7, 11) is 0. The molecule has 0 spiro atoms. The third kappa shape index (κ3) is 4.07. The van der Waals surface area contributed by atoms with E-state index in [0.29, 0.717) is 18.9 Å². The van der Waals surface area contributed by atoms with Crippen molar-refractivity contribution < 1.29 is 13.5 Å². The molecule has 1 atom stereocenters. The highest BCUT2D eigenvalue weighted by atomic mass is 79.9. The highest BCUT2D eigenvalue weighted by molar-refractivity contribution is 9.10. The van der Waals surface area contributed by atoms with Crippen molar-refractivity contribution in [2.45, 2.75) is 13.0 Å². The number of nitrogens with one attached hydrogen (secondary N) is 1. The van der Waals surface area contributed by atoms with E-state index in [1.54, 1.807) is 6.20 Å². The van der Waals surface area contributed by atoms with Crippen LogP contribution in [-0.4, -0.2) is 36.3 Å². The number of ether oxygens (including phenoxy) is 1. The van der Waals surface area contributed by atoms with E-state index < -0.39 is 11.6 Å². The molecular formula is C20H19BrF2N4O. The molecule has 4 rings (SSSR count). The minimum atomic E-state index is -0.622. The molecule has 3 aromatic rings. The maximum Gasteiger partial charge on any atom is 0.148 e. The largest absolute Gasteiger partial charge is 0.378 e. The number of hydrogen-bond acceptors (Lipinski definition) is 5. The number of rotatable bonds is 4.